The minimum atomic E-state index is 0.638. The number of fused-ring (bicyclic) bond motifs is 1. The summed E-state index contributed by atoms with van der Waals surface area (Å²) in [7, 11) is 0. The largest absolute Gasteiger partial charge is 0.264 e. The number of aryl methyl sites for hydroxylation is 3. The molecule has 0 atom stereocenters. The second-order valence-corrected chi connectivity index (χ2v) is 4.38. The average molecular weight is 239 g/mol. The van der Waals surface area contributed by atoms with Crippen molar-refractivity contribution in [2.45, 2.75) is 20.8 Å². The maximum atomic E-state index is 4.50. The van der Waals surface area contributed by atoms with Crippen LogP contribution in [0.2, 0.25) is 0 Å². The Morgan fingerprint density at radius 3 is 2.72 bits per heavy atom. The van der Waals surface area contributed by atoms with Crippen molar-refractivity contribution in [3.63, 3.8) is 0 Å². The van der Waals surface area contributed by atoms with E-state index in [2.05, 4.69) is 20.1 Å². The van der Waals surface area contributed by atoms with Gasteiger partial charge in [-0.05, 0) is 38.5 Å². The van der Waals surface area contributed by atoms with Gasteiger partial charge in [-0.15, -0.1) is 5.10 Å². The molecule has 0 N–H and O–H groups in total. The van der Waals surface area contributed by atoms with E-state index in [1.54, 1.807) is 10.7 Å². The van der Waals surface area contributed by atoms with Crippen molar-refractivity contribution in [1.82, 2.24) is 24.6 Å². The Hall–Kier alpha value is -2.30. The molecule has 5 heteroatoms. The highest BCUT2D eigenvalue weighted by Crippen LogP contribution is 2.19. The zero-order chi connectivity index (χ0) is 12.7. The summed E-state index contributed by atoms with van der Waals surface area (Å²) in [5.74, 6) is 1.33. The van der Waals surface area contributed by atoms with Crippen LogP contribution in [0.3, 0.4) is 0 Å². The summed E-state index contributed by atoms with van der Waals surface area (Å²) in [4.78, 5) is 12.9. The summed E-state index contributed by atoms with van der Waals surface area (Å²) in [5.41, 5.74) is 4.03. The second-order valence-electron chi connectivity index (χ2n) is 4.38. The first-order chi connectivity index (χ1) is 8.65. The number of aromatic nitrogens is 5. The Morgan fingerprint density at radius 1 is 1.11 bits per heavy atom. The van der Waals surface area contributed by atoms with Gasteiger partial charge in [-0.25, -0.2) is 9.50 Å². The molecule has 0 aliphatic carbocycles. The molecule has 0 amide bonds. The highest BCUT2D eigenvalue weighted by Gasteiger charge is 2.11. The lowest BCUT2D eigenvalue weighted by Gasteiger charge is -1.98. The average Bonchev–Trinajstić information content (AvgIpc) is 2.73. The summed E-state index contributed by atoms with van der Waals surface area (Å²) >= 11 is 0. The van der Waals surface area contributed by atoms with Gasteiger partial charge in [0.2, 0.25) is 0 Å². The van der Waals surface area contributed by atoms with Gasteiger partial charge in [-0.3, -0.25) is 4.98 Å². The quantitative estimate of drug-likeness (QED) is 0.652. The maximum Gasteiger partial charge on any atom is 0.253 e. The topological polar surface area (TPSA) is 56.0 Å². The summed E-state index contributed by atoms with van der Waals surface area (Å²) in [6, 6.07) is 3.91. The molecule has 3 heterocycles. The van der Waals surface area contributed by atoms with Crippen LogP contribution >= 0.6 is 0 Å². The number of nitrogens with zero attached hydrogens (tertiary/aromatic N) is 5. The predicted molar refractivity (Wildman–Crippen MR) is 68.2 cm³/mol. The van der Waals surface area contributed by atoms with Gasteiger partial charge in [0.15, 0.2) is 5.82 Å². The molecule has 0 radical (unpaired) electrons. The Labute approximate surface area is 105 Å². The molecule has 18 heavy (non-hydrogen) atoms. The first-order valence-corrected chi connectivity index (χ1v) is 5.77. The predicted octanol–water partition coefficient (Wildman–Crippen LogP) is 2.11. The van der Waals surface area contributed by atoms with Crippen molar-refractivity contribution in [2.24, 2.45) is 0 Å². The van der Waals surface area contributed by atoms with Crippen LogP contribution in [0.5, 0.6) is 0 Å². The van der Waals surface area contributed by atoms with Crippen LogP contribution in [0.4, 0.5) is 0 Å². The summed E-state index contributed by atoms with van der Waals surface area (Å²) in [5, 5.41) is 4.50. The third-order valence-corrected chi connectivity index (χ3v) is 2.88. The van der Waals surface area contributed by atoms with Crippen LogP contribution in [0.15, 0.2) is 24.5 Å². The van der Waals surface area contributed by atoms with Crippen molar-refractivity contribution in [2.75, 3.05) is 0 Å². The standard InChI is InChI=1S/C13H13N5/c1-8-7-14-5-4-11(8)12-16-13-15-9(2)6-10(3)18(13)17-12/h4-7H,1-3H3. The third kappa shape index (κ3) is 1.64. The van der Waals surface area contributed by atoms with Crippen molar-refractivity contribution in [1.29, 1.82) is 0 Å². The number of hydrogen-bond donors (Lipinski definition) is 0. The van der Waals surface area contributed by atoms with Crippen molar-refractivity contribution >= 4 is 5.78 Å². The van der Waals surface area contributed by atoms with Gasteiger partial charge >= 0.3 is 0 Å². The third-order valence-electron chi connectivity index (χ3n) is 2.88. The van der Waals surface area contributed by atoms with Crippen LogP contribution in [-0.2, 0) is 0 Å². The fraction of sp³-hybridized carbons (Fsp3) is 0.231. The monoisotopic (exact) mass is 239 g/mol. The highest BCUT2D eigenvalue weighted by atomic mass is 15.3. The van der Waals surface area contributed by atoms with Crippen molar-refractivity contribution in [3.8, 4) is 11.4 Å². The van der Waals surface area contributed by atoms with Gasteiger partial charge in [0.05, 0.1) is 0 Å². The van der Waals surface area contributed by atoms with E-state index < -0.39 is 0 Å². The van der Waals surface area contributed by atoms with E-state index in [0.717, 1.165) is 22.5 Å². The highest BCUT2D eigenvalue weighted by molar-refractivity contribution is 5.60. The fourth-order valence-corrected chi connectivity index (χ4v) is 2.00. The number of hydrogen-bond acceptors (Lipinski definition) is 4. The van der Waals surface area contributed by atoms with Crippen LogP contribution in [0.25, 0.3) is 17.2 Å². The zero-order valence-electron chi connectivity index (χ0n) is 10.5. The lowest BCUT2D eigenvalue weighted by atomic mass is 10.1. The van der Waals surface area contributed by atoms with E-state index in [9.17, 15) is 0 Å². The Balaban J connectivity index is 2.26. The van der Waals surface area contributed by atoms with E-state index in [1.807, 2.05) is 39.1 Å². The molecular formula is C13H13N5. The van der Waals surface area contributed by atoms with Gasteiger partial charge in [0.1, 0.15) is 0 Å². The first-order valence-electron chi connectivity index (χ1n) is 5.77. The van der Waals surface area contributed by atoms with Gasteiger partial charge in [0.25, 0.3) is 5.78 Å². The van der Waals surface area contributed by atoms with Crippen LogP contribution < -0.4 is 0 Å². The molecule has 0 fully saturated rings. The Bertz CT molecular complexity index is 729. The smallest absolute Gasteiger partial charge is 0.253 e. The molecule has 3 aromatic rings. The number of pyridine rings is 1. The fourth-order valence-electron chi connectivity index (χ4n) is 2.00. The molecule has 0 bridgehead atoms. The Kier molecular flexibility index (Phi) is 2.33. The van der Waals surface area contributed by atoms with Crippen molar-refractivity contribution < 1.29 is 0 Å². The first kappa shape index (κ1) is 10.8. The minimum absolute atomic E-state index is 0.638. The Morgan fingerprint density at radius 2 is 1.94 bits per heavy atom. The lowest BCUT2D eigenvalue weighted by molar-refractivity contribution is 0.887. The molecule has 0 spiro atoms. The van der Waals surface area contributed by atoms with Crippen molar-refractivity contribution in [3.05, 3.63) is 41.5 Å². The molecule has 5 nitrogen and oxygen atoms in total. The van der Waals surface area contributed by atoms with Gasteiger partial charge in [-0.2, -0.15) is 4.98 Å². The molecule has 0 aliphatic rings. The van der Waals surface area contributed by atoms with E-state index in [1.165, 1.54) is 0 Å². The van der Waals surface area contributed by atoms with Gasteiger partial charge < -0.3 is 0 Å². The minimum Gasteiger partial charge on any atom is -0.264 e. The van der Waals surface area contributed by atoms with Crippen LogP contribution in [0, 0.1) is 20.8 Å². The summed E-state index contributed by atoms with van der Waals surface area (Å²) < 4.78 is 1.77. The maximum absolute atomic E-state index is 4.50. The molecule has 90 valence electrons. The van der Waals surface area contributed by atoms with E-state index >= 15 is 0 Å². The van der Waals surface area contributed by atoms with Gasteiger partial charge in [-0.1, -0.05) is 0 Å². The molecule has 0 aromatic carbocycles. The number of rotatable bonds is 1. The molecule has 3 rings (SSSR count). The van der Waals surface area contributed by atoms with Crippen LogP contribution in [0.1, 0.15) is 17.0 Å². The molecular weight excluding hydrogens is 226 g/mol. The van der Waals surface area contributed by atoms with E-state index in [0.29, 0.717) is 11.6 Å². The normalized spacial score (nSPS) is 11.1. The van der Waals surface area contributed by atoms with E-state index in [-0.39, 0.29) is 0 Å². The molecule has 0 unspecified atom stereocenters. The molecule has 3 aromatic heterocycles. The SMILES string of the molecule is Cc1cc(C)n2nc(-c3ccncc3C)nc2n1. The van der Waals surface area contributed by atoms with Gasteiger partial charge in [0, 0.05) is 29.3 Å². The molecule has 0 aliphatic heterocycles. The summed E-state index contributed by atoms with van der Waals surface area (Å²) in [6.07, 6.45) is 3.56. The second kappa shape index (κ2) is 3.87. The zero-order valence-corrected chi connectivity index (χ0v) is 10.5. The van der Waals surface area contributed by atoms with E-state index in [4.69, 9.17) is 0 Å². The summed E-state index contributed by atoms with van der Waals surface area (Å²) in [6.45, 7) is 5.96. The molecule has 0 saturated carbocycles. The lowest BCUT2D eigenvalue weighted by Crippen LogP contribution is -1.97. The molecule has 0 saturated heterocycles. The van der Waals surface area contributed by atoms with Crippen LogP contribution in [-0.4, -0.2) is 24.6 Å².